The Bertz CT molecular complexity index is 727. The summed E-state index contributed by atoms with van der Waals surface area (Å²) in [7, 11) is -2.11. The van der Waals surface area contributed by atoms with E-state index in [1.165, 1.54) is 18.5 Å². The van der Waals surface area contributed by atoms with E-state index < -0.39 is 16.5 Å². The van der Waals surface area contributed by atoms with Gasteiger partial charge < -0.3 is 0 Å². The first-order valence-electron chi connectivity index (χ1n) is 5.40. The maximum Gasteiger partial charge on any atom is 0.286 e. The predicted octanol–water partition coefficient (Wildman–Crippen LogP) is 1.93. The minimum atomic E-state index is -2.11. The second-order valence-electron chi connectivity index (χ2n) is 3.62. The van der Waals surface area contributed by atoms with Gasteiger partial charge in [-0.05, 0) is 18.2 Å². The van der Waals surface area contributed by atoms with Crippen molar-refractivity contribution in [1.29, 1.82) is 0 Å². The normalized spacial score (nSPS) is 11.7. The molecule has 1 aromatic heterocycles. The summed E-state index contributed by atoms with van der Waals surface area (Å²) >= 11 is 0. The highest BCUT2D eigenvalue weighted by molar-refractivity contribution is 7.75. The summed E-state index contributed by atoms with van der Waals surface area (Å²) in [4.78, 5) is 16.2. The van der Waals surface area contributed by atoms with Gasteiger partial charge in [-0.25, -0.2) is 4.21 Å². The second kappa shape index (κ2) is 5.94. The summed E-state index contributed by atoms with van der Waals surface area (Å²) in [5.74, 6) is 1.79. The maximum absolute atomic E-state index is 11.9. The van der Waals surface area contributed by atoms with Crippen molar-refractivity contribution in [2.24, 2.45) is 4.36 Å². The van der Waals surface area contributed by atoms with E-state index in [2.05, 4.69) is 15.3 Å². The lowest BCUT2D eigenvalue weighted by Gasteiger charge is -1.96. The third kappa shape index (κ3) is 3.27. The van der Waals surface area contributed by atoms with Crippen molar-refractivity contribution < 1.29 is 9.00 Å². The van der Waals surface area contributed by atoms with Crippen LogP contribution in [0.4, 0.5) is 0 Å². The van der Waals surface area contributed by atoms with Gasteiger partial charge in [-0.3, -0.25) is 9.78 Å². The van der Waals surface area contributed by atoms with E-state index in [1.807, 2.05) is 0 Å². The van der Waals surface area contributed by atoms with Crippen LogP contribution in [0, 0.1) is 12.3 Å². The Balaban J connectivity index is 2.31. The number of terminal acetylenes is 1. The Morgan fingerprint density at radius 2 is 2.00 bits per heavy atom. The summed E-state index contributed by atoms with van der Waals surface area (Å²) < 4.78 is 15.5. The molecule has 1 amide bonds. The SMILES string of the molecule is C#Cc1cncc(C(=O)N=[SH](=O)c2ccccc2)c1. The molecule has 2 aromatic rings. The van der Waals surface area contributed by atoms with Gasteiger partial charge >= 0.3 is 0 Å². The summed E-state index contributed by atoms with van der Waals surface area (Å²) in [6.07, 6.45) is 8.04. The molecule has 1 atom stereocenters. The number of rotatable bonds is 2. The Hall–Kier alpha value is -2.45. The number of thiol groups is 1. The van der Waals surface area contributed by atoms with E-state index in [9.17, 15) is 9.00 Å². The van der Waals surface area contributed by atoms with Crippen LogP contribution in [0.1, 0.15) is 15.9 Å². The number of hydrogen-bond acceptors (Lipinski definition) is 3. The summed E-state index contributed by atoms with van der Waals surface area (Å²) in [6, 6.07) is 10.1. The van der Waals surface area contributed by atoms with Gasteiger partial charge in [0.2, 0.25) is 0 Å². The Morgan fingerprint density at radius 3 is 2.68 bits per heavy atom. The van der Waals surface area contributed by atoms with Crippen LogP contribution in [0.25, 0.3) is 0 Å². The molecular weight excluding hydrogens is 260 g/mol. The van der Waals surface area contributed by atoms with Crippen molar-refractivity contribution in [2.75, 3.05) is 0 Å². The molecule has 1 aromatic carbocycles. The molecule has 0 N–H and O–H groups in total. The number of benzene rings is 1. The topological polar surface area (TPSA) is 59.4 Å². The lowest BCUT2D eigenvalue weighted by molar-refractivity contribution is 0.100. The van der Waals surface area contributed by atoms with Crippen molar-refractivity contribution in [1.82, 2.24) is 4.98 Å². The summed E-state index contributed by atoms with van der Waals surface area (Å²) in [6.45, 7) is 0. The zero-order valence-electron chi connectivity index (χ0n) is 9.85. The van der Waals surface area contributed by atoms with Crippen LogP contribution in [0.15, 0.2) is 58.1 Å². The smallest absolute Gasteiger partial charge is 0.266 e. The monoisotopic (exact) mass is 270 g/mol. The fourth-order valence-electron chi connectivity index (χ4n) is 1.39. The third-order valence-electron chi connectivity index (χ3n) is 2.31. The lowest BCUT2D eigenvalue weighted by atomic mass is 10.2. The molecule has 0 fully saturated rings. The van der Waals surface area contributed by atoms with Crippen molar-refractivity contribution in [2.45, 2.75) is 4.90 Å². The Kier molecular flexibility index (Phi) is 4.06. The molecule has 2 rings (SSSR count). The van der Waals surface area contributed by atoms with E-state index in [0.717, 1.165) is 0 Å². The number of carbonyl (C=O) groups excluding carboxylic acids is 1. The quantitative estimate of drug-likeness (QED) is 0.670. The number of nitrogens with zero attached hydrogens (tertiary/aromatic N) is 2. The first kappa shape index (κ1) is 13.0. The highest BCUT2D eigenvalue weighted by atomic mass is 32.2. The van der Waals surface area contributed by atoms with Crippen molar-refractivity contribution in [3.05, 3.63) is 59.9 Å². The molecule has 0 saturated heterocycles. The molecule has 5 heteroatoms. The number of hydrogen-bond donors (Lipinski definition) is 1. The second-order valence-corrected chi connectivity index (χ2v) is 4.88. The summed E-state index contributed by atoms with van der Waals surface area (Å²) in [5.41, 5.74) is 0.714. The first-order chi connectivity index (χ1) is 9.20. The molecule has 19 heavy (non-hydrogen) atoms. The summed E-state index contributed by atoms with van der Waals surface area (Å²) in [5, 5.41) is 0. The highest BCUT2D eigenvalue weighted by Crippen LogP contribution is 2.06. The van der Waals surface area contributed by atoms with Gasteiger partial charge in [0.15, 0.2) is 0 Å². The van der Waals surface area contributed by atoms with Gasteiger partial charge in [0.25, 0.3) is 5.91 Å². The van der Waals surface area contributed by atoms with E-state index in [1.54, 1.807) is 30.3 Å². The van der Waals surface area contributed by atoms with E-state index in [0.29, 0.717) is 10.5 Å². The van der Waals surface area contributed by atoms with Crippen LogP contribution in [-0.2, 0) is 10.6 Å². The largest absolute Gasteiger partial charge is 0.286 e. The molecule has 1 heterocycles. The van der Waals surface area contributed by atoms with Gasteiger partial charge in [0.05, 0.1) is 16.2 Å². The lowest BCUT2D eigenvalue weighted by Crippen LogP contribution is -1.97. The van der Waals surface area contributed by atoms with Crippen LogP contribution in [0.2, 0.25) is 0 Å². The van der Waals surface area contributed by atoms with Crippen LogP contribution in [0.5, 0.6) is 0 Å². The molecule has 0 bridgehead atoms. The Morgan fingerprint density at radius 1 is 1.26 bits per heavy atom. The molecule has 0 aliphatic carbocycles. The first-order valence-corrected chi connectivity index (χ1v) is 6.62. The highest BCUT2D eigenvalue weighted by Gasteiger charge is 2.05. The van der Waals surface area contributed by atoms with Crippen LogP contribution in [0.3, 0.4) is 0 Å². The molecule has 0 aliphatic heterocycles. The number of aromatic nitrogens is 1. The van der Waals surface area contributed by atoms with Crippen LogP contribution in [-0.4, -0.2) is 15.1 Å². The third-order valence-corrected chi connectivity index (χ3v) is 3.41. The van der Waals surface area contributed by atoms with Crippen LogP contribution >= 0.6 is 0 Å². The zero-order chi connectivity index (χ0) is 13.7. The molecule has 0 saturated carbocycles. The molecule has 1 unspecified atom stereocenters. The fraction of sp³-hybridized carbons (Fsp3) is 0. The van der Waals surface area contributed by atoms with Crippen molar-refractivity contribution >= 4 is 16.5 Å². The number of carbonyl (C=O) groups is 1. The molecule has 0 aliphatic rings. The van der Waals surface area contributed by atoms with E-state index >= 15 is 0 Å². The van der Waals surface area contributed by atoms with Crippen molar-refractivity contribution in [3.63, 3.8) is 0 Å². The molecule has 0 radical (unpaired) electrons. The van der Waals surface area contributed by atoms with E-state index in [-0.39, 0.29) is 5.56 Å². The zero-order valence-corrected chi connectivity index (χ0v) is 10.7. The van der Waals surface area contributed by atoms with Gasteiger partial charge in [0, 0.05) is 22.9 Å². The standard InChI is InChI=1S/C14H10N2O2S/c1-2-11-8-12(10-15-9-11)14(17)16-19(18)13-6-4-3-5-7-13/h1,3-10,19H. The number of amides is 1. The number of pyridine rings is 1. The van der Waals surface area contributed by atoms with Crippen molar-refractivity contribution in [3.8, 4) is 12.3 Å². The molecule has 94 valence electrons. The fourth-order valence-corrected chi connectivity index (χ4v) is 2.21. The Labute approximate surface area is 112 Å². The minimum Gasteiger partial charge on any atom is -0.266 e. The minimum absolute atomic E-state index is 0.231. The average Bonchev–Trinajstić information content (AvgIpc) is 2.48. The van der Waals surface area contributed by atoms with Gasteiger partial charge in [-0.2, -0.15) is 4.36 Å². The van der Waals surface area contributed by atoms with Crippen LogP contribution < -0.4 is 0 Å². The van der Waals surface area contributed by atoms with Gasteiger partial charge in [-0.1, -0.05) is 24.1 Å². The molecule has 0 spiro atoms. The van der Waals surface area contributed by atoms with Gasteiger partial charge in [-0.15, -0.1) is 6.42 Å². The molecular formula is C14H10N2O2S. The average molecular weight is 270 g/mol. The van der Waals surface area contributed by atoms with Gasteiger partial charge in [0.1, 0.15) is 0 Å². The molecule has 4 nitrogen and oxygen atoms in total. The van der Waals surface area contributed by atoms with E-state index in [4.69, 9.17) is 6.42 Å². The predicted molar refractivity (Wildman–Crippen MR) is 73.2 cm³/mol. The maximum atomic E-state index is 11.9.